The van der Waals surface area contributed by atoms with Crippen molar-refractivity contribution in [3.05, 3.63) is 48.8 Å². The molecule has 6 heteroatoms. The van der Waals surface area contributed by atoms with Crippen LogP contribution in [0.3, 0.4) is 0 Å². The lowest BCUT2D eigenvalue weighted by atomic mass is 9.93. The van der Waals surface area contributed by atoms with Crippen molar-refractivity contribution in [2.45, 2.75) is 58.0 Å². The first-order valence-electron chi connectivity index (χ1n) is 8.68. The van der Waals surface area contributed by atoms with Gasteiger partial charge in [0.15, 0.2) is 0 Å². The van der Waals surface area contributed by atoms with Gasteiger partial charge >= 0.3 is 0 Å². The molecular weight excluding hydrogens is 314 g/mol. The van der Waals surface area contributed by atoms with E-state index in [2.05, 4.69) is 42.4 Å². The lowest BCUT2D eigenvalue weighted by molar-refractivity contribution is -0.114. The van der Waals surface area contributed by atoms with E-state index >= 15 is 0 Å². The van der Waals surface area contributed by atoms with Gasteiger partial charge in [0, 0.05) is 29.6 Å². The molecule has 2 aromatic rings. The third kappa shape index (κ3) is 3.78. The van der Waals surface area contributed by atoms with Crippen LogP contribution >= 0.6 is 0 Å². The van der Waals surface area contributed by atoms with Crippen LogP contribution in [0.1, 0.15) is 57.5 Å². The number of hydrogen-bond acceptors (Lipinski definition) is 4. The fourth-order valence-corrected chi connectivity index (χ4v) is 2.73. The minimum Gasteiger partial charge on any atom is -0.301 e. The first-order valence-corrected chi connectivity index (χ1v) is 8.68. The molecule has 3 rings (SSSR count). The Morgan fingerprint density at radius 1 is 1.32 bits per heavy atom. The van der Waals surface area contributed by atoms with Gasteiger partial charge in [0.05, 0.1) is 24.5 Å². The number of amides is 1. The van der Waals surface area contributed by atoms with Gasteiger partial charge in [0.25, 0.3) is 5.91 Å². The summed E-state index contributed by atoms with van der Waals surface area (Å²) in [6.45, 7) is 10.2. The molecule has 0 bridgehead atoms. The fourth-order valence-electron chi connectivity index (χ4n) is 2.73. The van der Waals surface area contributed by atoms with E-state index < -0.39 is 0 Å². The minimum absolute atomic E-state index is 0.0981. The van der Waals surface area contributed by atoms with Crippen molar-refractivity contribution < 1.29 is 4.79 Å². The summed E-state index contributed by atoms with van der Waals surface area (Å²) < 4.78 is 1.96. The Morgan fingerprint density at radius 3 is 2.52 bits per heavy atom. The van der Waals surface area contributed by atoms with Gasteiger partial charge in [-0.15, -0.1) is 0 Å². The van der Waals surface area contributed by atoms with Gasteiger partial charge in [-0.2, -0.15) is 5.10 Å². The maximum absolute atomic E-state index is 12.3. The van der Waals surface area contributed by atoms with E-state index in [1.807, 2.05) is 10.9 Å². The zero-order valence-electron chi connectivity index (χ0n) is 15.1. The third-order valence-corrected chi connectivity index (χ3v) is 4.51. The second kappa shape index (κ2) is 6.78. The highest BCUT2D eigenvalue weighted by Crippen LogP contribution is 2.32. The highest BCUT2D eigenvalue weighted by molar-refractivity contribution is 6.00. The van der Waals surface area contributed by atoms with Crippen LogP contribution in [0.5, 0.6) is 0 Å². The quantitative estimate of drug-likeness (QED) is 0.783. The Balaban J connectivity index is 1.80. The van der Waals surface area contributed by atoms with Crippen molar-refractivity contribution in [1.82, 2.24) is 19.7 Å². The molecule has 0 N–H and O–H groups in total. The molecule has 2 heterocycles. The maximum Gasteiger partial charge on any atom is 0.250 e. The number of anilines is 1. The zero-order valence-corrected chi connectivity index (χ0v) is 15.1. The minimum atomic E-state index is -0.159. The van der Waals surface area contributed by atoms with Crippen LogP contribution in [0, 0.1) is 0 Å². The monoisotopic (exact) mass is 339 g/mol. The predicted molar refractivity (Wildman–Crippen MR) is 97.2 cm³/mol. The first kappa shape index (κ1) is 17.3. The summed E-state index contributed by atoms with van der Waals surface area (Å²) in [7, 11) is 0. The van der Waals surface area contributed by atoms with Gasteiger partial charge in [-0.25, -0.2) is 9.97 Å². The van der Waals surface area contributed by atoms with Crippen LogP contribution in [-0.2, 0) is 16.8 Å². The smallest absolute Gasteiger partial charge is 0.250 e. The second-order valence-electron chi connectivity index (χ2n) is 7.56. The summed E-state index contributed by atoms with van der Waals surface area (Å²) in [6.07, 6.45) is 12.1. The molecular formula is C19H25N5O. The number of carbonyl (C=O) groups is 1. The molecule has 1 aliphatic rings. The lowest BCUT2D eigenvalue weighted by Crippen LogP contribution is -2.28. The van der Waals surface area contributed by atoms with Crippen LogP contribution < -0.4 is 4.90 Å². The van der Waals surface area contributed by atoms with E-state index in [1.165, 1.54) is 12.5 Å². The van der Waals surface area contributed by atoms with Gasteiger partial charge in [0.2, 0.25) is 0 Å². The molecule has 25 heavy (non-hydrogen) atoms. The second-order valence-corrected chi connectivity index (χ2v) is 7.56. The summed E-state index contributed by atoms with van der Waals surface area (Å²) in [5.41, 5.74) is 1.55. The molecule has 132 valence electrons. The number of nitrogens with zero attached hydrogens (tertiary/aromatic N) is 5. The summed E-state index contributed by atoms with van der Waals surface area (Å²) in [5, 5.41) is 4.42. The van der Waals surface area contributed by atoms with E-state index in [1.54, 1.807) is 23.5 Å². The van der Waals surface area contributed by atoms with Crippen LogP contribution in [0.4, 0.5) is 5.69 Å². The molecule has 2 aromatic heterocycles. The molecule has 6 nitrogen and oxygen atoms in total. The Labute approximate surface area is 148 Å². The van der Waals surface area contributed by atoms with Gasteiger partial charge < -0.3 is 4.90 Å². The van der Waals surface area contributed by atoms with E-state index in [0.29, 0.717) is 12.6 Å². The maximum atomic E-state index is 12.3. The molecule has 1 amide bonds. The van der Waals surface area contributed by atoms with Gasteiger partial charge in [-0.1, -0.05) is 27.4 Å². The van der Waals surface area contributed by atoms with E-state index in [9.17, 15) is 4.79 Å². The number of rotatable bonds is 5. The zero-order chi connectivity index (χ0) is 18.0. The molecule has 0 unspecified atom stereocenters. The van der Waals surface area contributed by atoms with Gasteiger partial charge in [-0.3, -0.25) is 9.48 Å². The molecule has 0 spiro atoms. The van der Waals surface area contributed by atoms with Crippen molar-refractivity contribution in [2.24, 2.45) is 0 Å². The Hall–Kier alpha value is -2.50. The van der Waals surface area contributed by atoms with Crippen LogP contribution in [-0.4, -0.2) is 25.7 Å². The van der Waals surface area contributed by atoms with Crippen molar-refractivity contribution in [1.29, 1.82) is 0 Å². The first-order chi connectivity index (χ1) is 11.9. The Kier molecular flexibility index (Phi) is 4.70. The highest BCUT2D eigenvalue weighted by atomic mass is 16.2. The van der Waals surface area contributed by atoms with E-state index in [0.717, 1.165) is 29.9 Å². The molecule has 1 aliphatic carbocycles. The number of carbonyl (C=O) groups excluding carboxylic acids is 1. The largest absolute Gasteiger partial charge is 0.301 e. The van der Waals surface area contributed by atoms with Gasteiger partial charge in [-0.05, 0) is 25.3 Å². The molecule has 0 aromatic carbocycles. The van der Waals surface area contributed by atoms with Gasteiger partial charge in [0.1, 0.15) is 5.82 Å². The topological polar surface area (TPSA) is 63.9 Å². The lowest BCUT2D eigenvalue weighted by Gasteiger charge is -2.25. The molecule has 1 saturated carbocycles. The Bertz CT molecular complexity index is 753. The summed E-state index contributed by atoms with van der Waals surface area (Å²) in [5.74, 6) is 0.628. The Morgan fingerprint density at radius 2 is 2.00 bits per heavy atom. The van der Waals surface area contributed by atoms with Crippen molar-refractivity contribution in [3.8, 4) is 0 Å². The summed E-state index contributed by atoms with van der Waals surface area (Å²) in [4.78, 5) is 22.9. The molecule has 0 aliphatic heterocycles. The molecule has 0 saturated heterocycles. The number of hydrogen-bond donors (Lipinski definition) is 0. The van der Waals surface area contributed by atoms with Crippen LogP contribution in [0.2, 0.25) is 0 Å². The van der Waals surface area contributed by atoms with Crippen molar-refractivity contribution >= 4 is 11.6 Å². The van der Waals surface area contributed by atoms with Crippen molar-refractivity contribution in [3.63, 3.8) is 0 Å². The molecule has 1 fully saturated rings. The average Bonchev–Trinajstić information content (AvgIpc) is 2.99. The van der Waals surface area contributed by atoms with Crippen molar-refractivity contribution in [2.75, 3.05) is 4.90 Å². The summed E-state index contributed by atoms with van der Waals surface area (Å²) >= 11 is 0. The SMILES string of the molecule is C=CC(=O)N(Cc1cnc(C(C)(C)C)nc1)c1cnn(C2CCC2)c1. The predicted octanol–water partition coefficient (Wildman–Crippen LogP) is 3.41. The summed E-state index contributed by atoms with van der Waals surface area (Å²) in [6, 6.07) is 0.462. The normalized spacial score (nSPS) is 14.8. The molecule has 0 radical (unpaired) electrons. The molecule has 0 atom stereocenters. The highest BCUT2D eigenvalue weighted by Gasteiger charge is 2.23. The standard InChI is InChI=1S/C19H25N5O/c1-5-17(25)23(16-11-22-24(13-16)15-7-6-8-15)12-14-9-20-18(21-10-14)19(2,3)4/h5,9-11,13,15H,1,6-8,12H2,2-4H3. The van der Waals surface area contributed by atoms with Crippen LogP contribution in [0.25, 0.3) is 0 Å². The van der Waals surface area contributed by atoms with E-state index in [4.69, 9.17) is 0 Å². The van der Waals surface area contributed by atoms with Crippen LogP contribution in [0.15, 0.2) is 37.4 Å². The third-order valence-electron chi connectivity index (χ3n) is 4.51. The number of aromatic nitrogens is 4. The fraction of sp³-hybridized carbons (Fsp3) is 0.474. The average molecular weight is 339 g/mol. The van der Waals surface area contributed by atoms with E-state index in [-0.39, 0.29) is 11.3 Å².